The number of ether oxygens (including phenoxy) is 9. The van der Waals surface area contributed by atoms with Gasteiger partial charge in [-0.25, -0.2) is 0 Å². The van der Waals surface area contributed by atoms with E-state index in [1.165, 1.54) is 15.9 Å². The van der Waals surface area contributed by atoms with Crippen LogP contribution in [0.4, 0.5) is 0 Å². The predicted octanol–water partition coefficient (Wildman–Crippen LogP) is 15.5. The van der Waals surface area contributed by atoms with Crippen LogP contribution in [0.3, 0.4) is 0 Å². The lowest BCUT2D eigenvalue weighted by molar-refractivity contribution is -0.368. The Morgan fingerprint density at radius 1 is 0.608 bits per heavy atom. The lowest BCUT2D eigenvalue weighted by Crippen LogP contribution is -3.00. The molecule has 11 nitrogen and oxygen atoms in total. The van der Waals surface area contributed by atoms with E-state index in [1.54, 1.807) is 28.4 Å². The van der Waals surface area contributed by atoms with Gasteiger partial charge in [0, 0.05) is 30.4 Å². The summed E-state index contributed by atoms with van der Waals surface area (Å²) in [6, 6.07) is 57.6. The summed E-state index contributed by atoms with van der Waals surface area (Å²) < 4.78 is 77.1. The van der Waals surface area contributed by atoms with Crippen LogP contribution in [-0.2, 0) is 57.1 Å². The summed E-state index contributed by atoms with van der Waals surface area (Å²) in [6.45, 7) is 37.0. The first kappa shape index (κ1) is 79.8. The van der Waals surface area contributed by atoms with E-state index in [4.69, 9.17) is 69.7 Å². The number of hydrogen-bond acceptors (Lipinski definition) is 11. The molecule has 6 aromatic carbocycles. The Kier molecular flexibility index (Phi) is 29.5. The first-order valence-corrected chi connectivity index (χ1v) is 42.5. The Balaban J connectivity index is 0.0000133. The van der Waals surface area contributed by atoms with Crippen molar-refractivity contribution in [2.45, 2.75) is 205 Å². The van der Waals surface area contributed by atoms with Crippen molar-refractivity contribution in [3.8, 4) is 17.2 Å². The smallest absolute Gasteiger partial charge is 0.199 e. The highest BCUT2D eigenvalue weighted by molar-refractivity contribution is 7.95. The summed E-state index contributed by atoms with van der Waals surface area (Å²) in [7, 11) is -0.0773. The summed E-state index contributed by atoms with van der Waals surface area (Å²) in [5, 5.41) is 4.39. The average Bonchev–Trinajstić information content (AvgIpc) is 0.759. The lowest BCUT2D eigenvalue weighted by atomic mass is 9.78. The second-order valence-electron chi connectivity index (χ2n) is 29.4. The molecule has 0 unspecified atom stereocenters. The highest BCUT2D eigenvalue weighted by atomic mass is 127. The summed E-state index contributed by atoms with van der Waals surface area (Å²) in [6.07, 6.45) is 4.44. The number of rotatable bonds is 33. The molecule has 0 aliphatic carbocycles. The summed E-state index contributed by atoms with van der Waals surface area (Å²) >= 11 is 6.46. The van der Waals surface area contributed by atoms with Crippen LogP contribution in [0.25, 0.3) is 0 Å². The molecule has 0 N–H and O–H groups in total. The number of halogens is 2. The van der Waals surface area contributed by atoms with Crippen LogP contribution in [0, 0.1) is 11.8 Å². The fraction of sp³-hybridized carbons (Fsp3) is 0.481. The van der Waals surface area contributed by atoms with E-state index in [9.17, 15) is 0 Å². The molecule has 16 heteroatoms. The van der Waals surface area contributed by atoms with Gasteiger partial charge in [-0.2, -0.15) is 0 Å². The molecule has 528 valence electrons. The number of allylic oxidation sites excluding steroid dienone is 2. The Morgan fingerprint density at radius 3 is 1.49 bits per heavy atom. The van der Waals surface area contributed by atoms with Crippen molar-refractivity contribution in [1.82, 2.24) is 0 Å². The van der Waals surface area contributed by atoms with Crippen molar-refractivity contribution in [2.75, 3.05) is 34.6 Å². The van der Waals surface area contributed by atoms with E-state index >= 15 is 0 Å². The second-order valence-corrected chi connectivity index (χ2v) is 43.0. The van der Waals surface area contributed by atoms with Gasteiger partial charge in [-0.15, -0.1) is 0 Å². The lowest BCUT2D eigenvalue weighted by Gasteiger charge is -2.55. The van der Waals surface area contributed by atoms with Gasteiger partial charge < -0.3 is 75.5 Å². The third-order valence-corrected chi connectivity index (χ3v) is 34.4. The fourth-order valence-electron chi connectivity index (χ4n) is 13.0. The first-order chi connectivity index (χ1) is 45.7. The summed E-state index contributed by atoms with van der Waals surface area (Å²) in [4.78, 5) is 0. The Bertz CT molecular complexity index is 3290. The molecule has 2 fully saturated rings. The van der Waals surface area contributed by atoms with Gasteiger partial charge in [0.1, 0.15) is 52.6 Å². The van der Waals surface area contributed by atoms with Crippen molar-refractivity contribution in [3.05, 3.63) is 216 Å². The summed E-state index contributed by atoms with van der Waals surface area (Å²) in [5.74, 6) is 0.474. The maximum Gasteiger partial charge on any atom is 0.199 e. The van der Waals surface area contributed by atoms with Crippen LogP contribution < -0.4 is 54.1 Å². The third-order valence-electron chi connectivity index (χ3n) is 20.7. The zero-order valence-corrected chi connectivity index (χ0v) is 66.5. The minimum atomic E-state index is -2.45. The molecule has 0 amide bonds. The maximum atomic E-state index is 7.92. The van der Waals surface area contributed by atoms with Crippen LogP contribution in [0.15, 0.2) is 200 Å². The van der Waals surface area contributed by atoms with Crippen molar-refractivity contribution < 1.29 is 75.5 Å². The average molecular weight is 1510 g/mol. The predicted molar refractivity (Wildman–Crippen MR) is 401 cm³/mol. The zero-order chi connectivity index (χ0) is 69.5. The normalized spacial score (nSPS) is 22.5. The van der Waals surface area contributed by atoms with E-state index in [0.717, 1.165) is 64.9 Å². The van der Waals surface area contributed by atoms with Gasteiger partial charge in [-0.3, -0.25) is 0 Å². The number of benzene rings is 6. The van der Waals surface area contributed by atoms with E-state index in [-0.39, 0.29) is 84.0 Å². The molecule has 2 aliphatic heterocycles. The van der Waals surface area contributed by atoms with E-state index in [2.05, 4.69) is 179 Å². The number of methoxy groups -OCH3 is 4. The van der Waals surface area contributed by atoms with Crippen LogP contribution >= 0.6 is 18.9 Å². The number of unbranched alkanes of at least 4 members (excludes halogenated alkanes) is 1. The quantitative estimate of drug-likeness (QED) is 0.00983. The van der Waals surface area contributed by atoms with Crippen molar-refractivity contribution >= 4 is 51.4 Å². The molecule has 6 aromatic rings. The molecule has 0 spiro atoms. The van der Waals surface area contributed by atoms with Crippen molar-refractivity contribution in [3.63, 3.8) is 0 Å². The molecular weight excluding hydrogens is 1400 g/mol. The topological polar surface area (TPSA) is 102 Å². The number of hydrogen-bond donors (Lipinski definition) is 0. The molecule has 0 bridgehead atoms. The minimum Gasteiger partial charge on any atom is -1.00 e. The van der Waals surface area contributed by atoms with Crippen LogP contribution in [0.5, 0.6) is 17.2 Å². The SMILES string of the molecule is C=C(Cl)/C=C/[C@H](CC(=C)C[C@H]1O[C@@H]([C@H](OCc2ccc(OC)cc2)[C@@]2(OC)C[C@H](O[Si](C)(C)C(C)(C)C)[C@@H](C)[C@@H](CCCC[P+](c3ccccc3)(c3ccccc3)c3ccccc3)O2)[C@H](C)[C@@H](OCc2ccc(OC)cc2)[C@@H]1OCc1ccc(OC)cc1)O[Si](C)(C)C(C)(C)C.[I-]. The molecule has 0 radical (unpaired) electrons. The van der Waals surface area contributed by atoms with Gasteiger partial charge in [-0.1, -0.05) is 183 Å². The molecule has 97 heavy (non-hydrogen) atoms. The molecule has 2 saturated heterocycles. The monoisotopic (exact) mass is 1510 g/mol. The molecule has 2 heterocycles. The van der Waals surface area contributed by atoms with Gasteiger partial charge in [0.25, 0.3) is 0 Å². The van der Waals surface area contributed by atoms with Gasteiger partial charge in [-0.05, 0) is 164 Å². The second kappa shape index (κ2) is 35.9. The molecule has 2 aliphatic rings. The van der Waals surface area contributed by atoms with E-state index in [1.807, 2.05) is 84.9 Å². The van der Waals surface area contributed by atoms with Crippen LogP contribution in [0.1, 0.15) is 111 Å². The molecular formula is C81H111ClIO11PSi2. The largest absolute Gasteiger partial charge is 1.00 e. The first-order valence-electron chi connectivity index (χ1n) is 34.4. The zero-order valence-electron chi connectivity index (χ0n) is 60.7. The van der Waals surface area contributed by atoms with E-state index < -0.39 is 60.2 Å². The van der Waals surface area contributed by atoms with E-state index in [0.29, 0.717) is 24.3 Å². The van der Waals surface area contributed by atoms with Gasteiger partial charge in [0.2, 0.25) is 0 Å². The van der Waals surface area contributed by atoms with Crippen LogP contribution in [0.2, 0.25) is 36.3 Å². The van der Waals surface area contributed by atoms with Gasteiger partial charge in [0.05, 0.1) is 83.9 Å². The van der Waals surface area contributed by atoms with Crippen molar-refractivity contribution in [1.29, 1.82) is 0 Å². The highest BCUT2D eigenvalue weighted by Crippen LogP contribution is 2.57. The molecule has 11 atom stereocenters. The molecule has 0 aromatic heterocycles. The Labute approximate surface area is 607 Å². The van der Waals surface area contributed by atoms with Crippen LogP contribution in [-0.4, -0.2) is 106 Å². The minimum absolute atomic E-state index is 0. The fourth-order valence-corrected chi connectivity index (χ4v) is 20.2. The molecule has 0 saturated carbocycles. The van der Waals surface area contributed by atoms with Gasteiger partial charge >= 0.3 is 0 Å². The highest BCUT2D eigenvalue weighted by Gasteiger charge is 2.60. The summed E-state index contributed by atoms with van der Waals surface area (Å²) in [5.41, 5.74) is 3.82. The third kappa shape index (κ3) is 20.6. The Hall–Kier alpha value is -4.50. The van der Waals surface area contributed by atoms with Crippen molar-refractivity contribution in [2.24, 2.45) is 11.8 Å². The Morgan fingerprint density at radius 2 is 1.06 bits per heavy atom. The standard InChI is InChI=1S/C81H111ClO11PSi2.HI/c1-58(52-68(44-37-59(2)82)92-95(15,16)79(5,6)7)53-73-77(88-56-63-40-47-66(84-12)48-41-63)75(87-55-62-38-45-65(83-11)46-39-62)61(4)76(90-73)78(89-57-64-42-49-67(85-13)50-43-64)81(86-14)54-74(93-96(17,18)80(8,9)10)60(3)72(91-81)36-28-29-51-94(69-30-22-19-23-31-69,70-32-24-20-25-33-70)71-34-26-21-27-35-71;/h19-27,30-35,37-50,60-61,68,72-78H,1-2,28-29,36,51-57H2,3-18H3;1H/q+1;/p-1/b44-37+;/t60-,61+,68+,72+,73+,74-,75+,76+,77+,78-,81+;/m0./s1. The molecule has 8 rings (SSSR count). The maximum absolute atomic E-state index is 7.92. The van der Waals surface area contributed by atoms with Gasteiger partial charge in [0.15, 0.2) is 22.4 Å².